The molecule has 1 aliphatic heterocycles. The van der Waals surface area contributed by atoms with E-state index in [-0.39, 0.29) is 0 Å². The van der Waals surface area contributed by atoms with E-state index >= 15 is 0 Å². The number of nitrogen functional groups attached to an aromatic ring is 1. The number of anilines is 2. The summed E-state index contributed by atoms with van der Waals surface area (Å²) >= 11 is 0. The zero-order valence-corrected chi connectivity index (χ0v) is 8.58. The van der Waals surface area contributed by atoms with Crippen LogP contribution in [0.1, 0.15) is 30.5 Å². The van der Waals surface area contributed by atoms with Gasteiger partial charge in [0.05, 0.1) is 5.69 Å². The van der Waals surface area contributed by atoms with Gasteiger partial charge in [0.25, 0.3) is 0 Å². The Bertz CT molecular complexity index is 386. The molecule has 0 bridgehead atoms. The predicted molar refractivity (Wildman–Crippen MR) is 58.2 cm³/mol. The maximum absolute atomic E-state index is 5.68. The second-order valence-corrected chi connectivity index (χ2v) is 4.23. The average Bonchev–Trinajstić information content (AvgIpc) is 2.58. The summed E-state index contributed by atoms with van der Waals surface area (Å²) < 4.78 is 0. The molecule has 0 aromatic carbocycles. The molecule has 5 nitrogen and oxygen atoms in total. The second kappa shape index (κ2) is 3.34. The first-order chi connectivity index (χ1) is 7.33. The van der Waals surface area contributed by atoms with Crippen LogP contribution in [0.4, 0.5) is 11.8 Å². The van der Waals surface area contributed by atoms with Gasteiger partial charge in [-0.25, -0.2) is 4.98 Å². The molecule has 0 saturated heterocycles. The van der Waals surface area contributed by atoms with Crippen LogP contribution in [-0.2, 0) is 13.1 Å². The lowest BCUT2D eigenvalue weighted by Gasteiger charge is -2.27. The fourth-order valence-electron chi connectivity index (χ4n) is 2.05. The maximum atomic E-state index is 5.68. The fraction of sp³-hybridized carbons (Fsp3) is 0.600. The molecule has 1 fully saturated rings. The van der Waals surface area contributed by atoms with Crippen LogP contribution in [0.15, 0.2) is 0 Å². The van der Waals surface area contributed by atoms with Crippen LogP contribution in [0.2, 0.25) is 0 Å². The summed E-state index contributed by atoms with van der Waals surface area (Å²) in [5.41, 5.74) is 7.91. The molecule has 1 saturated carbocycles. The molecule has 0 unspecified atom stereocenters. The van der Waals surface area contributed by atoms with E-state index in [2.05, 4.69) is 20.6 Å². The molecule has 1 aliphatic carbocycles. The van der Waals surface area contributed by atoms with Gasteiger partial charge in [0, 0.05) is 24.7 Å². The Kier molecular flexibility index (Phi) is 1.98. The van der Waals surface area contributed by atoms with Gasteiger partial charge in [-0.05, 0) is 19.3 Å². The lowest BCUT2D eigenvalue weighted by molar-refractivity contribution is 0.444. The molecule has 5 heteroatoms. The van der Waals surface area contributed by atoms with E-state index < -0.39 is 0 Å². The van der Waals surface area contributed by atoms with Gasteiger partial charge in [-0.15, -0.1) is 0 Å². The minimum atomic E-state index is 0.374. The molecular weight excluding hydrogens is 190 g/mol. The molecule has 0 amide bonds. The molecule has 0 spiro atoms. The quantitative estimate of drug-likeness (QED) is 0.660. The number of nitrogens with two attached hydrogens (primary N) is 1. The number of nitrogens with one attached hydrogen (secondary N) is 2. The fourth-order valence-corrected chi connectivity index (χ4v) is 2.05. The van der Waals surface area contributed by atoms with Crippen molar-refractivity contribution in [2.75, 3.05) is 11.1 Å². The smallest absolute Gasteiger partial charge is 0.222 e. The standard InChI is InChI=1S/C10H15N5/c11-10-14-8-5-12-4-7(8)9(15-10)13-6-2-1-3-6/h6,12H,1-5H2,(H3,11,13,14,15). The van der Waals surface area contributed by atoms with Crippen LogP contribution in [0.5, 0.6) is 0 Å². The third kappa shape index (κ3) is 1.52. The number of nitrogens with zero attached hydrogens (tertiary/aromatic N) is 2. The Morgan fingerprint density at radius 1 is 1.27 bits per heavy atom. The van der Waals surface area contributed by atoms with Crippen LogP contribution in [0.3, 0.4) is 0 Å². The first kappa shape index (κ1) is 8.91. The van der Waals surface area contributed by atoms with Crippen molar-refractivity contribution in [3.05, 3.63) is 11.3 Å². The van der Waals surface area contributed by atoms with Crippen LogP contribution >= 0.6 is 0 Å². The Labute approximate surface area is 88.5 Å². The van der Waals surface area contributed by atoms with Crippen LogP contribution < -0.4 is 16.4 Å². The van der Waals surface area contributed by atoms with E-state index in [1.165, 1.54) is 24.8 Å². The summed E-state index contributed by atoms with van der Waals surface area (Å²) in [4.78, 5) is 8.51. The zero-order chi connectivity index (χ0) is 10.3. The monoisotopic (exact) mass is 205 g/mol. The topological polar surface area (TPSA) is 75.9 Å². The third-order valence-electron chi connectivity index (χ3n) is 3.15. The maximum Gasteiger partial charge on any atom is 0.222 e. The van der Waals surface area contributed by atoms with Crippen LogP contribution in [-0.4, -0.2) is 16.0 Å². The number of aromatic nitrogens is 2. The van der Waals surface area contributed by atoms with Crippen molar-refractivity contribution in [3.8, 4) is 0 Å². The minimum absolute atomic E-state index is 0.374. The first-order valence-electron chi connectivity index (χ1n) is 5.45. The van der Waals surface area contributed by atoms with Crippen molar-refractivity contribution < 1.29 is 0 Å². The Morgan fingerprint density at radius 3 is 2.87 bits per heavy atom. The Morgan fingerprint density at radius 2 is 2.13 bits per heavy atom. The van der Waals surface area contributed by atoms with Gasteiger partial charge in [0.2, 0.25) is 5.95 Å². The summed E-state index contributed by atoms with van der Waals surface area (Å²) in [7, 11) is 0. The van der Waals surface area contributed by atoms with Gasteiger partial charge in [-0.2, -0.15) is 4.98 Å². The van der Waals surface area contributed by atoms with Crippen molar-refractivity contribution >= 4 is 11.8 Å². The summed E-state index contributed by atoms with van der Waals surface area (Å²) in [6.45, 7) is 1.66. The van der Waals surface area contributed by atoms with Gasteiger partial charge in [0.15, 0.2) is 0 Å². The van der Waals surface area contributed by atoms with Gasteiger partial charge in [-0.1, -0.05) is 0 Å². The molecule has 80 valence electrons. The predicted octanol–water partition coefficient (Wildman–Crippen LogP) is 0.626. The van der Waals surface area contributed by atoms with E-state index in [0.717, 1.165) is 24.6 Å². The zero-order valence-electron chi connectivity index (χ0n) is 8.58. The highest BCUT2D eigenvalue weighted by atomic mass is 15.1. The lowest BCUT2D eigenvalue weighted by atomic mass is 9.93. The number of hydrogen-bond donors (Lipinski definition) is 3. The average molecular weight is 205 g/mol. The highest BCUT2D eigenvalue weighted by molar-refractivity contribution is 5.51. The molecule has 0 radical (unpaired) electrons. The van der Waals surface area contributed by atoms with Crippen molar-refractivity contribution in [2.45, 2.75) is 38.4 Å². The van der Waals surface area contributed by atoms with Crippen LogP contribution in [0.25, 0.3) is 0 Å². The normalized spacial score (nSPS) is 19.7. The number of hydrogen-bond acceptors (Lipinski definition) is 5. The molecule has 2 aliphatic rings. The highest BCUT2D eigenvalue weighted by Crippen LogP contribution is 2.27. The summed E-state index contributed by atoms with van der Waals surface area (Å²) in [6.07, 6.45) is 3.80. The largest absolute Gasteiger partial charge is 0.368 e. The molecule has 0 atom stereocenters. The number of fused-ring (bicyclic) bond motifs is 1. The Hall–Kier alpha value is -1.36. The van der Waals surface area contributed by atoms with Crippen molar-refractivity contribution in [3.63, 3.8) is 0 Å². The SMILES string of the molecule is Nc1nc2c(c(NC3CCC3)n1)CNC2. The summed E-state index contributed by atoms with van der Waals surface area (Å²) in [5, 5.41) is 6.71. The minimum Gasteiger partial charge on any atom is -0.368 e. The highest BCUT2D eigenvalue weighted by Gasteiger charge is 2.23. The molecule has 1 aromatic heterocycles. The van der Waals surface area contributed by atoms with Gasteiger partial charge < -0.3 is 16.4 Å². The molecule has 1 aromatic rings. The van der Waals surface area contributed by atoms with E-state index in [9.17, 15) is 0 Å². The summed E-state index contributed by atoms with van der Waals surface area (Å²) in [6, 6.07) is 0.587. The second-order valence-electron chi connectivity index (χ2n) is 4.23. The Balaban J connectivity index is 1.91. The molecule has 2 heterocycles. The van der Waals surface area contributed by atoms with Crippen molar-refractivity contribution in [2.24, 2.45) is 0 Å². The lowest BCUT2D eigenvalue weighted by Crippen LogP contribution is -2.28. The van der Waals surface area contributed by atoms with E-state index in [1.807, 2.05) is 0 Å². The van der Waals surface area contributed by atoms with Crippen molar-refractivity contribution in [1.29, 1.82) is 0 Å². The molecule has 15 heavy (non-hydrogen) atoms. The van der Waals surface area contributed by atoms with Gasteiger partial charge >= 0.3 is 0 Å². The molecule has 4 N–H and O–H groups in total. The van der Waals surface area contributed by atoms with E-state index in [4.69, 9.17) is 5.73 Å². The van der Waals surface area contributed by atoms with Crippen molar-refractivity contribution in [1.82, 2.24) is 15.3 Å². The first-order valence-corrected chi connectivity index (χ1v) is 5.45. The van der Waals surface area contributed by atoms with Gasteiger partial charge in [-0.3, -0.25) is 0 Å². The van der Waals surface area contributed by atoms with Crippen LogP contribution in [0, 0.1) is 0 Å². The van der Waals surface area contributed by atoms with E-state index in [0.29, 0.717) is 12.0 Å². The molecule has 3 rings (SSSR count). The molecular formula is C10H15N5. The third-order valence-corrected chi connectivity index (χ3v) is 3.15. The van der Waals surface area contributed by atoms with E-state index in [1.54, 1.807) is 0 Å². The number of rotatable bonds is 2. The van der Waals surface area contributed by atoms with Gasteiger partial charge in [0.1, 0.15) is 5.82 Å². The summed E-state index contributed by atoms with van der Waals surface area (Å²) in [5.74, 6) is 1.31.